The van der Waals surface area contributed by atoms with Crippen molar-refractivity contribution in [2.75, 3.05) is 6.54 Å². The number of hydrogen-bond donors (Lipinski definition) is 6. The summed E-state index contributed by atoms with van der Waals surface area (Å²) in [4.78, 5) is 89.6. The molecule has 1 heterocycles. The van der Waals surface area contributed by atoms with Crippen LogP contribution in [0.3, 0.4) is 0 Å². The first kappa shape index (κ1) is 59.3. The molecule has 1 aromatic heterocycles. The highest BCUT2D eigenvalue weighted by Gasteiger charge is 2.38. The van der Waals surface area contributed by atoms with E-state index in [9.17, 15) is 39.0 Å². The zero-order valence-corrected chi connectivity index (χ0v) is 44.6. The van der Waals surface area contributed by atoms with Crippen LogP contribution in [0.15, 0.2) is 134 Å². The molecule has 4 aromatic carbocycles. The molecular weight excluding hydrogens is 971 g/mol. The molecule has 5 aromatic rings. The molecule has 0 saturated heterocycles. The van der Waals surface area contributed by atoms with Crippen LogP contribution in [0.2, 0.25) is 0 Å². The fraction of sp³-hybridized carbons (Fsp3) is 0.431. The van der Waals surface area contributed by atoms with Crippen molar-refractivity contribution in [1.29, 1.82) is 0 Å². The lowest BCUT2D eigenvalue weighted by Gasteiger charge is -2.36. The van der Waals surface area contributed by atoms with Crippen molar-refractivity contribution in [1.82, 2.24) is 35.7 Å². The van der Waals surface area contributed by atoms with E-state index in [4.69, 9.17) is 14.2 Å². The van der Waals surface area contributed by atoms with Gasteiger partial charge in [0.2, 0.25) is 17.7 Å². The molecule has 5 amide bonds. The summed E-state index contributed by atoms with van der Waals surface area (Å²) < 4.78 is 19.1. The third kappa shape index (κ3) is 20.3. The van der Waals surface area contributed by atoms with Gasteiger partial charge in [0.15, 0.2) is 0 Å². The lowest BCUT2D eigenvalue weighted by atomic mass is 9.96. The van der Waals surface area contributed by atoms with Gasteiger partial charge in [-0.05, 0) is 67.7 Å². The SMILES string of the molecule is CC(C)C[C@H](NC(=O)[C@H](Cc1cncn1COCc1ccccc1)NC(=O)[C@H](Cc1ccccc1)NC(=O)OC(C)(C)C)C(O)CN(C(=O)OCc1ccccc1)[C@@H](CC(C)C)C(=O)N[C@@H](Cc1ccccc1)C(=O)O. The van der Waals surface area contributed by atoms with Crippen molar-refractivity contribution in [2.24, 2.45) is 11.8 Å². The second-order valence-corrected chi connectivity index (χ2v) is 20.7. The first-order valence-corrected chi connectivity index (χ1v) is 25.7. The van der Waals surface area contributed by atoms with Crippen LogP contribution in [0, 0.1) is 11.8 Å². The molecular formula is C58H75N7O11. The standard InChI is InChI=1S/C58H75N7O11/c1-39(2)28-46(51(66)34-65(57(73)75-36-44-26-18-11-19-27-44)50(29-40(3)4)54(69)62-49(55(70)71)31-42-22-14-9-15-23-42)60-53(68)48(32-45-33-59-37-64(45)38-74-35-43-24-16-10-17-25-43)61-52(67)47(30-41-20-12-8-13-21-41)63-56(72)76-58(5,6)7/h8-27,33,37,39-40,46-51,66H,28-32,34-36,38H2,1-7H3,(H,60,68)(H,61,67)(H,62,69)(H,63,72)(H,70,71)/t46-,47-,48-,49-,50-,51?/m0/s1. The van der Waals surface area contributed by atoms with E-state index < -0.39 is 84.3 Å². The van der Waals surface area contributed by atoms with Crippen LogP contribution in [-0.2, 0) is 72.6 Å². The molecule has 0 aliphatic rings. The largest absolute Gasteiger partial charge is 0.480 e. The highest BCUT2D eigenvalue weighted by atomic mass is 16.6. The second kappa shape index (κ2) is 29.5. The van der Waals surface area contributed by atoms with Crippen LogP contribution >= 0.6 is 0 Å². The van der Waals surface area contributed by atoms with Crippen molar-refractivity contribution < 1.29 is 53.2 Å². The van der Waals surface area contributed by atoms with Crippen LogP contribution in [0.25, 0.3) is 0 Å². The fourth-order valence-corrected chi connectivity index (χ4v) is 8.37. The second-order valence-electron chi connectivity index (χ2n) is 20.7. The molecule has 18 nitrogen and oxygen atoms in total. The van der Waals surface area contributed by atoms with Crippen molar-refractivity contribution in [3.63, 3.8) is 0 Å². The van der Waals surface area contributed by atoms with Crippen LogP contribution in [0.4, 0.5) is 9.59 Å². The molecule has 1 unspecified atom stereocenters. The number of carbonyl (C=O) groups is 6. The summed E-state index contributed by atoms with van der Waals surface area (Å²) in [6, 6.07) is 30.0. The highest BCUT2D eigenvalue weighted by molar-refractivity contribution is 5.92. The van der Waals surface area contributed by atoms with Crippen LogP contribution in [0.1, 0.15) is 89.3 Å². The maximum absolute atomic E-state index is 15.0. The zero-order chi connectivity index (χ0) is 55.2. The number of imidazole rings is 1. The number of carbonyl (C=O) groups excluding carboxylic acids is 5. The monoisotopic (exact) mass is 1050 g/mol. The van der Waals surface area contributed by atoms with Crippen molar-refractivity contribution in [3.8, 4) is 0 Å². The predicted octanol–water partition coefficient (Wildman–Crippen LogP) is 6.98. The van der Waals surface area contributed by atoms with Crippen LogP contribution in [0.5, 0.6) is 0 Å². The summed E-state index contributed by atoms with van der Waals surface area (Å²) in [5.74, 6) is -3.84. The third-order valence-electron chi connectivity index (χ3n) is 12.1. The lowest BCUT2D eigenvalue weighted by Crippen LogP contribution is -2.60. The quantitative estimate of drug-likeness (QED) is 0.0298. The number of benzene rings is 4. The van der Waals surface area contributed by atoms with Crippen molar-refractivity contribution in [3.05, 3.63) is 162 Å². The number of hydrogen-bond acceptors (Lipinski definition) is 11. The highest BCUT2D eigenvalue weighted by Crippen LogP contribution is 2.20. The predicted molar refractivity (Wildman–Crippen MR) is 286 cm³/mol. The number of aliphatic hydroxyl groups excluding tert-OH is 1. The number of aliphatic carboxylic acids is 1. The Morgan fingerprint density at radius 2 is 1.11 bits per heavy atom. The molecule has 0 radical (unpaired) electrons. The van der Waals surface area contributed by atoms with E-state index in [1.165, 1.54) is 0 Å². The first-order valence-electron chi connectivity index (χ1n) is 25.7. The smallest absolute Gasteiger partial charge is 0.410 e. The third-order valence-corrected chi connectivity index (χ3v) is 12.1. The summed E-state index contributed by atoms with van der Waals surface area (Å²) in [5, 5.41) is 33.8. The van der Waals surface area contributed by atoms with E-state index in [1.807, 2.05) is 70.2 Å². The maximum Gasteiger partial charge on any atom is 0.410 e. The normalized spacial score (nSPS) is 13.8. The summed E-state index contributed by atoms with van der Waals surface area (Å²) in [7, 11) is 0. The number of aliphatic hydroxyl groups is 1. The Kier molecular flexibility index (Phi) is 23.0. The Labute approximate surface area is 445 Å². The van der Waals surface area contributed by atoms with Crippen molar-refractivity contribution >= 4 is 35.9 Å². The van der Waals surface area contributed by atoms with Gasteiger partial charge in [-0.15, -0.1) is 0 Å². The number of alkyl carbamates (subject to hydrolysis) is 1. The molecule has 0 fully saturated rings. The molecule has 408 valence electrons. The van der Waals surface area contributed by atoms with Gasteiger partial charge in [-0.1, -0.05) is 149 Å². The number of ether oxygens (including phenoxy) is 3. The van der Waals surface area contributed by atoms with E-state index in [2.05, 4.69) is 26.3 Å². The summed E-state index contributed by atoms with van der Waals surface area (Å²) in [6.07, 6.45) is -0.156. The summed E-state index contributed by atoms with van der Waals surface area (Å²) >= 11 is 0. The zero-order valence-electron chi connectivity index (χ0n) is 44.6. The topological polar surface area (TPSA) is 240 Å². The number of carboxylic acid groups (broad SMARTS) is 1. The molecule has 0 aliphatic heterocycles. The van der Waals surface area contributed by atoms with Gasteiger partial charge in [0.1, 0.15) is 43.1 Å². The molecule has 18 heteroatoms. The van der Waals surface area contributed by atoms with Crippen LogP contribution < -0.4 is 21.3 Å². The molecule has 6 N–H and O–H groups in total. The average molecular weight is 1050 g/mol. The number of nitrogens with zero attached hydrogens (tertiary/aromatic N) is 3. The van der Waals surface area contributed by atoms with E-state index in [-0.39, 0.29) is 63.9 Å². The van der Waals surface area contributed by atoms with Crippen molar-refractivity contribution in [2.45, 2.75) is 142 Å². The minimum atomic E-state index is -1.55. The summed E-state index contributed by atoms with van der Waals surface area (Å²) in [6.45, 7) is 12.2. The van der Waals surface area contributed by atoms with E-state index >= 15 is 0 Å². The minimum Gasteiger partial charge on any atom is -0.480 e. The van der Waals surface area contributed by atoms with Gasteiger partial charge in [0, 0.05) is 31.2 Å². The molecule has 0 bridgehead atoms. The van der Waals surface area contributed by atoms with Gasteiger partial charge < -0.3 is 50.3 Å². The molecule has 5 rings (SSSR count). The molecule has 0 spiro atoms. The molecule has 0 saturated carbocycles. The van der Waals surface area contributed by atoms with Gasteiger partial charge >= 0.3 is 18.2 Å². The number of nitrogens with one attached hydrogen (secondary N) is 4. The number of aromatic nitrogens is 2. The number of rotatable bonds is 28. The van der Waals surface area contributed by atoms with Gasteiger partial charge in [-0.2, -0.15) is 0 Å². The van der Waals surface area contributed by atoms with E-state index in [0.717, 1.165) is 16.0 Å². The first-order chi connectivity index (χ1) is 36.2. The van der Waals surface area contributed by atoms with Gasteiger partial charge in [-0.25, -0.2) is 19.4 Å². The number of carboxylic acids is 1. The Hall–Kier alpha value is -7.57. The van der Waals surface area contributed by atoms with Crippen LogP contribution in [-0.4, -0.2) is 109 Å². The Bertz CT molecular complexity index is 2590. The van der Waals surface area contributed by atoms with Gasteiger partial charge in [0.05, 0.1) is 31.6 Å². The van der Waals surface area contributed by atoms with Gasteiger partial charge in [0.25, 0.3) is 0 Å². The Balaban J connectivity index is 1.48. The Morgan fingerprint density at radius 3 is 1.63 bits per heavy atom. The minimum absolute atomic E-state index is 0.0385. The molecule has 76 heavy (non-hydrogen) atoms. The van der Waals surface area contributed by atoms with E-state index in [0.29, 0.717) is 16.8 Å². The average Bonchev–Trinajstić information content (AvgIpc) is 3.82. The lowest BCUT2D eigenvalue weighted by molar-refractivity contribution is -0.142. The molecule has 0 aliphatic carbocycles. The fourth-order valence-electron chi connectivity index (χ4n) is 8.37. The van der Waals surface area contributed by atoms with Gasteiger partial charge in [-0.3, -0.25) is 19.3 Å². The maximum atomic E-state index is 15.0. The molecule has 6 atom stereocenters. The number of amides is 5. The van der Waals surface area contributed by atoms with E-state index in [1.54, 1.807) is 117 Å². The Morgan fingerprint density at radius 1 is 0.618 bits per heavy atom. The summed E-state index contributed by atoms with van der Waals surface area (Å²) in [5.41, 5.74) is 2.61.